The standard InChI is InChI=1S/C12H15N3S/c1-8-3-4-14-11(5-8)12(15-13)10-6-9(2)16-7-10/h3-7,12,15H,13H2,1-2H3. The largest absolute Gasteiger partial charge is 0.271 e. The van der Waals surface area contributed by atoms with Crippen molar-refractivity contribution in [3.63, 3.8) is 0 Å². The van der Waals surface area contributed by atoms with E-state index < -0.39 is 0 Å². The lowest BCUT2D eigenvalue weighted by molar-refractivity contribution is 0.622. The lowest BCUT2D eigenvalue weighted by Crippen LogP contribution is -2.29. The molecule has 0 aliphatic rings. The fraction of sp³-hybridized carbons (Fsp3) is 0.250. The second-order valence-electron chi connectivity index (χ2n) is 3.85. The first kappa shape index (κ1) is 11.3. The first-order valence-corrected chi connectivity index (χ1v) is 6.02. The summed E-state index contributed by atoms with van der Waals surface area (Å²) in [6.45, 7) is 4.14. The van der Waals surface area contributed by atoms with Crippen LogP contribution in [0.4, 0.5) is 0 Å². The van der Waals surface area contributed by atoms with E-state index in [1.807, 2.05) is 12.3 Å². The van der Waals surface area contributed by atoms with Gasteiger partial charge in [0.1, 0.15) is 0 Å². The van der Waals surface area contributed by atoms with Gasteiger partial charge >= 0.3 is 0 Å². The van der Waals surface area contributed by atoms with Crippen LogP contribution in [-0.4, -0.2) is 4.98 Å². The summed E-state index contributed by atoms with van der Waals surface area (Å²) in [5.74, 6) is 5.61. The van der Waals surface area contributed by atoms with Crippen molar-refractivity contribution < 1.29 is 0 Å². The van der Waals surface area contributed by atoms with Crippen molar-refractivity contribution in [1.82, 2.24) is 10.4 Å². The molecule has 2 rings (SSSR count). The summed E-state index contributed by atoms with van der Waals surface area (Å²) >= 11 is 1.72. The van der Waals surface area contributed by atoms with E-state index in [0.717, 1.165) is 5.69 Å². The zero-order chi connectivity index (χ0) is 11.5. The van der Waals surface area contributed by atoms with Gasteiger partial charge in [0.25, 0.3) is 0 Å². The summed E-state index contributed by atoms with van der Waals surface area (Å²) in [6.07, 6.45) is 1.81. The van der Waals surface area contributed by atoms with Gasteiger partial charge in [0.2, 0.25) is 0 Å². The van der Waals surface area contributed by atoms with Crippen molar-refractivity contribution >= 4 is 11.3 Å². The Balaban J connectivity index is 2.36. The van der Waals surface area contributed by atoms with Gasteiger partial charge < -0.3 is 0 Å². The van der Waals surface area contributed by atoms with Gasteiger partial charge in [-0.15, -0.1) is 11.3 Å². The summed E-state index contributed by atoms with van der Waals surface area (Å²) < 4.78 is 0. The average Bonchev–Trinajstić information content (AvgIpc) is 2.66. The van der Waals surface area contributed by atoms with Crippen LogP contribution >= 0.6 is 11.3 Å². The zero-order valence-corrected chi connectivity index (χ0v) is 10.2. The summed E-state index contributed by atoms with van der Waals surface area (Å²) in [6, 6.07) is 6.15. The molecule has 16 heavy (non-hydrogen) atoms. The number of aromatic nitrogens is 1. The van der Waals surface area contributed by atoms with Crippen LogP contribution < -0.4 is 11.3 Å². The molecule has 3 N–H and O–H groups in total. The maximum Gasteiger partial charge on any atom is 0.0889 e. The number of aryl methyl sites for hydroxylation is 2. The van der Waals surface area contributed by atoms with E-state index in [1.165, 1.54) is 16.0 Å². The third-order valence-electron chi connectivity index (χ3n) is 2.48. The number of nitrogens with one attached hydrogen (secondary N) is 1. The number of thiophene rings is 1. The number of nitrogens with two attached hydrogens (primary N) is 1. The smallest absolute Gasteiger partial charge is 0.0889 e. The molecule has 0 spiro atoms. The third-order valence-corrected chi connectivity index (χ3v) is 3.36. The van der Waals surface area contributed by atoms with Gasteiger partial charge in [-0.2, -0.15) is 0 Å². The fourth-order valence-electron chi connectivity index (χ4n) is 1.68. The minimum Gasteiger partial charge on any atom is -0.271 e. The molecule has 3 nitrogen and oxygen atoms in total. The SMILES string of the molecule is Cc1ccnc(C(NN)c2csc(C)c2)c1. The molecular formula is C12H15N3S. The zero-order valence-electron chi connectivity index (χ0n) is 9.40. The highest BCUT2D eigenvalue weighted by atomic mass is 32.1. The molecule has 0 amide bonds. The maximum atomic E-state index is 5.61. The summed E-state index contributed by atoms with van der Waals surface area (Å²) in [5.41, 5.74) is 6.14. The molecule has 0 aromatic carbocycles. The van der Waals surface area contributed by atoms with E-state index in [4.69, 9.17) is 5.84 Å². The molecular weight excluding hydrogens is 218 g/mol. The third kappa shape index (κ3) is 2.29. The molecule has 2 heterocycles. The number of hydrogen-bond acceptors (Lipinski definition) is 4. The van der Waals surface area contributed by atoms with Gasteiger partial charge in [0.15, 0.2) is 0 Å². The van der Waals surface area contributed by atoms with Gasteiger partial charge in [0.05, 0.1) is 11.7 Å². The van der Waals surface area contributed by atoms with Gasteiger partial charge in [0, 0.05) is 11.1 Å². The first-order valence-electron chi connectivity index (χ1n) is 5.14. The van der Waals surface area contributed by atoms with Crippen LogP contribution in [-0.2, 0) is 0 Å². The van der Waals surface area contributed by atoms with Crippen molar-refractivity contribution in [2.24, 2.45) is 5.84 Å². The van der Waals surface area contributed by atoms with Crippen LogP contribution in [0, 0.1) is 13.8 Å². The molecule has 0 bridgehead atoms. The van der Waals surface area contributed by atoms with Crippen molar-refractivity contribution in [3.8, 4) is 0 Å². The Morgan fingerprint density at radius 3 is 2.75 bits per heavy atom. The lowest BCUT2D eigenvalue weighted by atomic mass is 10.1. The fourth-order valence-corrected chi connectivity index (χ4v) is 2.42. The van der Waals surface area contributed by atoms with Crippen LogP contribution in [0.1, 0.15) is 27.7 Å². The van der Waals surface area contributed by atoms with Gasteiger partial charge in [-0.05, 0) is 48.6 Å². The highest BCUT2D eigenvalue weighted by Gasteiger charge is 2.14. The lowest BCUT2D eigenvalue weighted by Gasteiger charge is -2.14. The second kappa shape index (κ2) is 4.74. The van der Waals surface area contributed by atoms with E-state index in [1.54, 1.807) is 11.3 Å². The molecule has 1 atom stereocenters. The van der Waals surface area contributed by atoms with Crippen molar-refractivity contribution in [2.45, 2.75) is 19.9 Å². The highest BCUT2D eigenvalue weighted by molar-refractivity contribution is 7.10. The van der Waals surface area contributed by atoms with Crippen molar-refractivity contribution in [2.75, 3.05) is 0 Å². The van der Waals surface area contributed by atoms with E-state index >= 15 is 0 Å². The molecule has 0 fully saturated rings. The molecule has 0 radical (unpaired) electrons. The highest BCUT2D eigenvalue weighted by Crippen LogP contribution is 2.24. The summed E-state index contributed by atoms with van der Waals surface area (Å²) in [5, 5.41) is 2.11. The molecule has 0 saturated carbocycles. The van der Waals surface area contributed by atoms with E-state index in [9.17, 15) is 0 Å². The Morgan fingerprint density at radius 2 is 2.19 bits per heavy atom. The Labute approximate surface area is 99.3 Å². The molecule has 84 valence electrons. The van der Waals surface area contributed by atoms with E-state index in [2.05, 4.69) is 41.8 Å². The molecule has 2 aromatic heterocycles. The molecule has 0 aliphatic carbocycles. The average molecular weight is 233 g/mol. The molecule has 0 aliphatic heterocycles. The molecule has 1 unspecified atom stereocenters. The van der Waals surface area contributed by atoms with E-state index in [0.29, 0.717) is 0 Å². The minimum absolute atomic E-state index is 0.0233. The monoisotopic (exact) mass is 233 g/mol. The van der Waals surface area contributed by atoms with Crippen LogP contribution in [0.5, 0.6) is 0 Å². The summed E-state index contributed by atoms with van der Waals surface area (Å²) in [7, 11) is 0. The first-order chi connectivity index (χ1) is 7.70. The Morgan fingerprint density at radius 1 is 1.38 bits per heavy atom. The number of rotatable bonds is 3. The molecule has 4 heteroatoms. The normalized spacial score (nSPS) is 12.7. The van der Waals surface area contributed by atoms with Crippen LogP contribution in [0.25, 0.3) is 0 Å². The quantitative estimate of drug-likeness (QED) is 0.632. The van der Waals surface area contributed by atoms with Crippen LogP contribution in [0.3, 0.4) is 0 Å². The maximum absolute atomic E-state index is 5.61. The minimum atomic E-state index is -0.0233. The summed E-state index contributed by atoms with van der Waals surface area (Å²) in [4.78, 5) is 5.64. The Hall–Kier alpha value is -1.23. The number of hydrogen-bond donors (Lipinski definition) is 2. The second-order valence-corrected chi connectivity index (χ2v) is 4.96. The molecule has 2 aromatic rings. The van der Waals surface area contributed by atoms with Gasteiger partial charge in [-0.3, -0.25) is 10.8 Å². The number of hydrazine groups is 1. The topological polar surface area (TPSA) is 50.9 Å². The van der Waals surface area contributed by atoms with Crippen LogP contribution in [0.2, 0.25) is 0 Å². The molecule has 0 saturated heterocycles. The predicted octanol–water partition coefficient (Wildman–Crippen LogP) is 2.31. The van der Waals surface area contributed by atoms with E-state index in [-0.39, 0.29) is 6.04 Å². The predicted molar refractivity (Wildman–Crippen MR) is 67.2 cm³/mol. The van der Waals surface area contributed by atoms with Gasteiger partial charge in [-0.25, -0.2) is 5.43 Å². The Kier molecular flexibility index (Phi) is 3.33. The van der Waals surface area contributed by atoms with Crippen LogP contribution in [0.15, 0.2) is 29.8 Å². The van der Waals surface area contributed by atoms with Crippen molar-refractivity contribution in [1.29, 1.82) is 0 Å². The number of nitrogens with zero attached hydrogens (tertiary/aromatic N) is 1. The number of pyridine rings is 1. The Bertz CT molecular complexity index is 479. The van der Waals surface area contributed by atoms with Gasteiger partial charge in [-0.1, -0.05) is 0 Å². The van der Waals surface area contributed by atoms with Crippen molar-refractivity contribution in [3.05, 3.63) is 51.5 Å².